The van der Waals surface area contributed by atoms with E-state index >= 15 is 0 Å². The van der Waals surface area contributed by atoms with Gasteiger partial charge in [-0.25, -0.2) is 4.68 Å². The number of nitrogens with two attached hydrogens (primary N) is 1. The van der Waals surface area contributed by atoms with Crippen LogP contribution in [0.1, 0.15) is 24.1 Å². The van der Waals surface area contributed by atoms with Crippen LogP contribution in [-0.2, 0) is 12.8 Å². The highest BCUT2D eigenvalue weighted by atomic mass is 19.1. The van der Waals surface area contributed by atoms with E-state index in [-0.39, 0.29) is 0 Å². The van der Waals surface area contributed by atoms with Crippen molar-refractivity contribution in [2.45, 2.75) is 25.7 Å². The lowest BCUT2D eigenvalue weighted by Crippen LogP contribution is -2.08. The molecular weight excluding hydrogens is 263 g/mol. The fourth-order valence-corrected chi connectivity index (χ4v) is 2.62. The van der Waals surface area contributed by atoms with Gasteiger partial charge in [-0.15, -0.1) is 0 Å². The van der Waals surface area contributed by atoms with E-state index in [0.717, 1.165) is 49.1 Å². The van der Waals surface area contributed by atoms with E-state index in [0.29, 0.717) is 11.5 Å². The van der Waals surface area contributed by atoms with Crippen LogP contribution >= 0.6 is 0 Å². The maximum Gasteiger partial charge on any atom is 0.304 e. The van der Waals surface area contributed by atoms with E-state index in [2.05, 4.69) is 5.10 Å². The lowest BCUT2D eigenvalue weighted by molar-refractivity contribution is -0.387. The van der Waals surface area contributed by atoms with Gasteiger partial charge < -0.3 is 5.73 Å². The molecule has 6 nitrogen and oxygen atoms in total. The highest BCUT2D eigenvalue weighted by molar-refractivity contribution is 5.50. The molecule has 1 aromatic heterocycles. The molecule has 20 heavy (non-hydrogen) atoms. The summed E-state index contributed by atoms with van der Waals surface area (Å²) in [5.74, 6) is -0.412. The van der Waals surface area contributed by atoms with E-state index in [1.54, 1.807) is 4.68 Å². The van der Waals surface area contributed by atoms with Crippen LogP contribution in [0.25, 0.3) is 5.69 Å². The molecule has 7 heteroatoms. The lowest BCUT2D eigenvalue weighted by Gasteiger charge is -2.13. The number of nitro benzene ring substituents is 1. The molecule has 0 saturated heterocycles. The highest BCUT2D eigenvalue weighted by Crippen LogP contribution is 2.29. The third kappa shape index (κ3) is 1.91. The molecule has 0 bridgehead atoms. The minimum atomic E-state index is -0.869. The number of hydrogen-bond acceptors (Lipinski definition) is 4. The van der Waals surface area contributed by atoms with Gasteiger partial charge in [-0.05, 0) is 31.7 Å². The zero-order chi connectivity index (χ0) is 14.3. The molecular formula is C13H13FN4O2. The van der Waals surface area contributed by atoms with Gasteiger partial charge in [-0.2, -0.15) is 9.49 Å². The second-order valence-electron chi connectivity index (χ2n) is 4.82. The third-order valence-corrected chi connectivity index (χ3v) is 3.58. The Morgan fingerprint density at radius 3 is 2.80 bits per heavy atom. The molecule has 0 amide bonds. The molecule has 2 N–H and O–H groups in total. The monoisotopic (exact) mass is 276 g/mol. The molecule has 0 atom stereocenters. The first-order chi connectivity index (χ1) is 9.58. The fourth-order valence-electron chi connectivity index (χ4n) is 2.62. The number of nitro groups is 1. The van der Waals surface area contributed by atoms with E-state index in [9.17, 15) is 14.5 Å². The Morgan fingerprint density at radius 2 is 2.10 bits per heavy atom. The lowest BCUT2D eigenvalue weighted by atomic mass is 9.97. The Kier molecular flexibility index (Phi) is 2.89. The van der Waals surface area contributed by atoms with Crippen molar-refractivity contribution in [2.75, 3.05) is 5.73 Å². The molecule has 0 unspecified atom stereocenters. The second kappa shape index (κ2) is 4.59. The van der Waals surface area contributed by atoms with Gasteiger partial charge in [0.25, 0.3) is 0 Å². The number of nitrogen functional groups attached to an aromatic ring is 1. The highest BCUT2D eigenvalue weighted by Gasteiger charge is 2.21. The molecule has 1 aliphatic carbocycles. The normalized spacial score (nSPS) is 14.1. The van der Waals surface area contributed by atoms with Gasteiger partial charge in [-0.1, -0.05) is 0 Å². The summed E-state index contributed by atoms with van der Waals surface area (Å²) in [5, 5.41) is 14.9. The van der Waals surface area contributed by atoms with Crippen molar-refractivity contribution in [3.05, 3.63) is 45.4 Å². The molecule has 1 aliphatic rings. The maximum absolute atomic E-state index is 13.7. The first kappa shape index (κ1) is 12.6. The minimum Gasteiger partial charge on any atom is -0.382 e. The fraction of sp³-hybridized carbons (Fsp3) is 0.308. The Bertz CT molecular complexity index is 696. The van der Waals surface area contributed by atoms with Crippen LogP contribution in [0.15, 0.2) is 18.2 Å². The number of nitrogens with zero attached hydrogens (tertiary/aromatic N) is 3. The Labute approximate surface area is 114 Å². The van der Waals surface area contributed by atoms with E-state index in [4.69, 9.17) is 5.73 Å². The van der Waals surface area contributed by atoms with Crippen molar-refractivity contribution >= 4 is 11.5 Å². The summed E-state index contributed by atoms with van der Waals surface area (Å²) in [7, 11) is 0. The van der Waals surface area contributed by atoms with Gasteiger partial charge >= 0.3 is 5.69 Å². The second-order valence-corrected chi connectivity index (χ2v) is 4.82. The van der Waals surface area contributed by atoms with Crippen molar-refractivity contribution in [2.24, 2.45) is 0 Å². The zero-order valence-corrected chi connectivity index (χ0v) is 10.7. The predicted molar refractivity (Wildman–Crippen MR) is 71.2 cm³/mol. The molecule has 0 saturated carbocycles. The number of rotatable bonds is 2. The molecule has 2 aromatic rings. The van der Waals surface area contributed by atoms with Gasteiger partial charge in [0.05, 0.1) is 10.6 Å². The molecule has 0 aliphatic heterocycles. The quantitative estimate of drug-likeness (QED) is 0.673. The van der Waals surface area contributed by atoms with Crippen LogP contribution in [0, 0.1) is 15.9 Å². The molecule has 1 aromatic carbocycles. The number of halogens is 1. The average Bonchev–Trinajstić information content (AvgIpc) is 2.76. The topological polar surface area (TPSA) is 87.0 Å². The summed E-state index contributed by atoms with van der Waals surface area (Å²) in [6.45, 7) is 0. The predicted octanol–water partition coefficient (Wildman–Crippen LogP) is 2.38. The first-order valence-electron chi connectivity index (χ1n) is 6.38. The molecule has 1 heterocycles. The first-order valence-corrected chi connectivity index (χ1v) is 6.38. The zero-order valence-electron chi connectivity index (χ0n) is 10.7. The van der Waals surface area contributed by atoms with Crippen molar-refractivity contribution in [3.8, 4) is 5.69 Å². The number of fused-ring (bicyclic) bond motifs is 1. The van der Waals surface area contributed by atoms with Crippen molar-refractivity contribution in [1.29, 1.82) is 0 Å². The van der Waals surface area contributed by atoms with Crippen LogP contribution in [0.4, 0.5) is 15.9 Å². The third-order valence-electron chi connectivity index (χ3n) is 3.58. The summed E-state index contributed by atoms with van der Waals surface area (Å²) in [6.07, 6.45) is 3.81. The van der Waals surface area contributed by atoms with Crippen molar-refractivity contribution in [3.63, 3.8) is 0 Å². The summed E-state index contributed by atoms with van der Waals surface area (Å²) in [6, 6.07) is 3.76. The molecule has 0 fully saturated rings. The number of aromatic nitrogens is 2. The summed E-state index contributed by atoms with van der Waals surface area (Å²) in [5.41, 5.74) is 7.79. The molecule has 0 spiro atoms. The summed E-state index contributed by atoms with van der Waals surface area (Å²) in [4.78, 5) is 9.89. The average molecular weight is 276 g/mol. The van der Waals surface area contributed by atoms with E-state index in [1.807, 2.05) is 0 Å². The maximum atomic E-state index is 13.7. The number of hydrogen-bond donors (Lipinski definition) is 1. The Morgan fingerprint density at radius 1 is 1.35 bits per heavy atom. The Hall–Kier alpha value is -2.44. The van der Waals surface area contributed by atoms with Crippen LogP contribution in [0.3, 0.4) is 0 Å². The SMILES string of the molecule is Nc1nn(-c2ccc([N+](=O)[O-])c(F)c2)c2c1CCCC2. The van der Waals surface area contributed by atoms with E-state index in [1.165, 1.54) is 6.07 Å². The van der Waals surface area contributed by atoms with Gasteiger partial charge in [0.15, 0.2) is 0 Å². The van der Waals surface area contributed by atoms with Gasteiger partial charge in [0, 0.05) is 23.4 Å². The molecule has 3 rings (SSSR count). The van der Waals surface area contributed by atoms with Crippen LogP contribution in [0.2, 0.25) is 0 Å². The van der Waals surface area contributed by atoms with Crippen LogP contribution in [0.5, 0.6) is 0 Å². The van der Waals surface area contributed by atoms with Gasteiger partial charge in [-0.3, -0.25) is 10.1 Å². The Balaban J connectivity index is 2.10. The smallest absolute Gasteiger partial charge is 0.304 e. The van der Waals surface area contributed by atoms with Crippen LogP contribution < -0.4 is 5.73 Å². The summed E-state index contributed by atoms with van der Waals surface area (Å²) < 4.78 is 15.3. The largest absolute Gasteiger partial charge is 0.382 e. The number of benzene rings is 1. The van der Waals surface area contributed by atoms with Crippen molar-refractivity contribution < 1.29 is 9.31 Å². The minimum absolute atomic E-state index is 0.457. The van der Waals surface area contributed by atoms with E-state index < -0.39 is 16.4 Å². The molecule has 104 valence electrons. The van der Waals surface area contributed by atoms with Gasteiger partial charge in [0.2, 0.25) is 5.82 Å². The standard InChI is InChI=1S/C13H13FN4O2/c14-10-7-8(5-6-12(10)18(19)20)17-11-4-2-1-3-9(11)13(15)16-17/h5-7H,1-4H2,(H2,15,16). The van der Waals surface area contributed by atoms with Gasteiger partial charge in [0.1, 0.15) is 5.82 Å². The van der Waals surface area contributed by atoms with Crippen molar-refractivity contribution in [1.82, 2.24) is 9.78 Å². The van der Waals surface area contributed by atoms with Crippen LogP contribution in [-0.4, -0.2) is 14.7 Å². The number of anilines is 1. The molecule has 0 radical (unpaired) electrons. The summed E-state index contributed by atoms with van der Waals surface area (Å²) >= 11 is 0.